The molecule has 164 valence electrons. The molecule has 11 nitrogen and oxygen atoms in total. The van der Waals surface area contributed by atoms with E-state index in [4.69, 9.17) is 19.9 Å². The van der Waals surface area contributed by atoms with Crippen molar-refractivity contribution in [2.24, 2.45) is 0 Å². The number of nitrogen functional groups attached to an aromatic ring is 1. The van der Waals surface area contributed by atoms with Crippen molar-refractivity contribution in [2.75, 3.05) is 5.73 Å². The van der Waals surface area contributed by atoms with E-state index in [2.05, 4.69) is 9.97 Å². The molecule has 1 aliphatic heterocycles. The molecule has 0 amide bonds. The number of aromatic nitrogens is 4. The number of fused-ring (bicyclic) bond motifs is 1. The van der Waals surface area contributed by atoms with Crippen molar-refractivity contribution in [3.63, 3.8) is 0 Å². The zero-order valence-electron chi connectivity index (χ0n) is 16.9. The average molecular weight is 425 g/mol. The number of aryl methyl sites for hydroxylation is 1. The maximum atomic E-state index is 15.0. The van der Waals surface area contributed by atoms with Gasteiger partial charge in [-0.2, -0.15) is 4.98 Å². The summed E-state index contributed by atoms with van der Waals surface area (Å²) in [4.78, 5) is 44.4. The number of ether oxygens (including phenoxy) is 3. The lowest BCUT2D eigenvalue weighted by molar-refractivity contribution is -0.188. The Labute approximate surface area is 170 Å². The second kappa shape index (κ2) is 8.78. The first-order valence-electron chi connectivity index (χ1n) is 9.67. The molecule has 2 N–H and O–H groups in total. The van der Waals surface area contributed by atoms with Crippen molar-refractivity contribution in [3.05, 3.63) is 16.7 Å². The van der Waals surface area contributed by atoms with Crippen LogP contribution in [0.25, 0.3) is 11.2 Å². The van der Waals surface area contributed by atoms with E-state index in [0.29, 0.717) is 18.5 Å². The third-order valence-electron chi connectivity index (χ3n) is 4.68. The molecule has 0 spiro atoms. The number of hydrogen-bond acceptors (Lipinski definition) is 9. The summed E-state index contributed by atoms with van der Waals surface area (Å²) in [5.41, 5.74) is 5.60. The van der Waals surface area contributed by atoms with Gasteiger partial charge in [0.2, 0.25) is 18.4 Å². The van der Waals surface area contributed by atoms with Crippen molar-refractivity contribution in [1.82, 2.24) is 19.1 Å². The lowest BCUT2D eigenvalue weighted by atomic mass is 10.2. The van der Waals surface area contributed by atoms with E-state index in [1.165, 1.54) is 17.7 Å². The second-order valence-electron chi connectivity index (χ2n) is 6.85. The molecule has 0 bridgehead atoms. The monoisotopic (exact) mass is 425 g/mol. The van der Waals surface area contributed by atoms with E-state index in [-0.39, 0.29) is 18.0 Å². The van der Waals surface area contributed by atoms with Crippen molar-refractivity contribution in [1.29, 1.82) is 0 Å². The summed E-state index contributed by atoms with van der Waals surface area (Å²) in [6.45, 7) is 4.97. The molecule has 0 aliphatic carbocycles. The fourth-order valence-electron chi connectivity index (χ4n) is 3.26. The average Bonchev–Trinajstić information content (AvgIpc) is 3.13. The highest BCUT2D eigenvalue weighted by Gasteiger charge is 2.51. The van der Waals surface area contributed by atoms with Crippen LogP contribution in [0.1, 0.15) is 46.3 Å². The molecule has 30 heavy (non-hydrogen) atoms. The van der Waals surface area contributed by atoms with Gasteiger partial charge in [0.1, 0.15) is 5.52 Å². The summed E-state index contributed by atoms with van der Waals surface area (Å²) in [5, 5.41) is 0. The van der Waals surface area contributed by atoms with Gasteiger partial charge in [-0.1, -0.05) is 20.3 Å². The van der Waals surface area contributed by atoms with Gasteiger partial charge < -0.3 is 19.9 Å². The molecule has 3 rings (SSSR count). The first kappa shape index (κ1) is 21.7. The second-order valence-corrected chi connectivity index (χ2v) is 6.85. The third kappa shape index (κ3) is 3.99. The largest absolute Gasteiger partial charge is 0.454 e. The van der Waals surface area contributed by atoms with Crippen LogP contribution >= 0.6 is 0 Å². The van der Waals surface area contributed by atoms with Gasteiger partial charge in [-0.05, 0) is 6.42 Å². The minimum absolute atomic E-state index is 0.00445. The van der Waals surface area contributed by atoms with E-state index < -0.39 is 42.4 Å². The van der Waals surface area contributed by atoms with Gasteiger partial charge in [0.05, 0.1) is 6.20 Å². The Hall–Kier alpha value is -3.02. The number of nitrogens with two attached hydrogens (primary N) is 1. The molecule has 0 aromatic carbocycles. The van der Waals surface area contributed by atoms with Crippen LogP contribution in [0.2, 0.25) is 0 Å². The van der Waals surface area contributed by atoms with Crippen LogP contribution in [0, 0.1) is 0 Å². The Morgan fingerprint density at radius 3 is 2.70 bits per heavy atom. The van der Waals surface area contributed by atoms with Gasteiger partial charge in [0, 0.05) is 19.9 Å². The SMILES string of the molecule is CCCCn1c(=O)n([C@@H]2O[C@H](OC(=O)CC)[C@H](F)[C@H]2OC(C)=O)c2nc(N)ncc21. The van der Waals surface area contributed by atoms with E-state index in [0.717, 1.165) is 17.9 Å². The number of hydrogen-bond donors (Lipinski definition) is 1. The summed E-state index contributed by atoms with van der Waals surface area (Å²) in [5.74, 6) is -1.58. The number of alkyl halides is 1. The van der Waals surface area contributed by atoms with E-state index in [9.17, 15) is 14.4 Å². The first-order chi connectivity index (χ1) is 14.3. The molecule has 1 saturated heterocycles. The lowest BCUT2D eigenvalue weighted by Gasteiger charge is -2.19. The number of halogens is 1. The van der Waals surface area contributed by atoms with Gasteiger partial charge in [0.15, 0.2) is 18.0 Å². The topological polar surface area (TPSA) is 141 Å². The van der Waals surface area contributed by atoms with Crippen molar-refractivity contribution in [2.45, 2.75) is 71.4 Å². The number of imidazole rings is 1. The van der Waals surface area contributed by atoms with Gasteiger partial charge in [-0.25, -0.2) is 18.7 Å². The van der Waals surface area contributed by atoms with Crippen LogP contribution < -0.4 is 11.4 Å². The highest BCUT2D eigenvalue weighted by molar-refractivity contribution is 5.72. The van der Waals surface area contributed by atoms with E-state index in [1.54, 1.807) is 0 Å². The molecular weight excluding hydrogens is 401 g/mol. The predicted octanol–water partition coefficient (Wildman–Crippen LogP) is 1.05. The minimum Gasteiger partial charge on any atom is -0.454 e. The lowest BCUT2D eigenvalue weighted by Crippen LogP contribution is -2.37. The molecule has 4 atom stereocenters. The quantitative estimate of drug-likeness (QED) is 0.644. The molecule has 12 heteroatoms. The molecule has 0 radical (unpaired) electrons. The fourth-order valence-corrected chi connectivity index (χ4v) is 3.26. The Kier molecular flexibility index (Phi) is 6.34. The Morgan fingerprint density at radius 1 is 1.33 bits per heavy atom. The fraction of sp³-hybridized carbons (Fsp3) is 0.611. The normalized spacial score (nSPS) is 23.6. The number of carbonyl (C=O) groups excluding carboxylic acids is 2. The minimum atomic E-state index is -2.01. The van der Waals surface area contributed by atoms with Crippen LogP contribution in [-0.4, -0.2) is 49.6 Å². The molecule has 0 saturated carbocycles. The highest BCUT2D eigenvalue weighted by atomic mass is 19.1. The number of carbonyl (C=O) groups is 2. The molecule has 0 unspecified atom stereocenters. The maximum Gasteiger partial charge on any atom is 0.332 e. The molecule has 3 heterocycles. The highest BCUT2D eigenvalue weighted by Crippen LogP contribution is 2.35. The Bertz CT molecular complexity index is 1000. The van der Waals surface area contributed by atoms with Crippen LogP contribution in [0.4, 0.5) is 10.3 Å². The van der Waals surface area contributed by atoms with Crippen molar-refractivity contribution < 1.29 is 28.2 Å². The van der Waals surface area contributed by atoms with Gasteiger partial charge in [0.25, 0.3) is 0 Å². The summed E-state index contributed by atoms with van der Waals surface area (Å²) in [6.07, 6.45) is -3.68. The summed E-state index contributed by atoms with van der Waals surface area (Å²) in [7, 11) is 0. The maximum absolute atomic E-state index is 15.0. The summed E-state index contributed by atoms with van der Waals surface area (Å²) in [6, 6.07) is 0. The van der Waals surface area contributed by atoms with E-state index >= 15 is 4.39 Å². The zero-order chi connectivity index (χ0) is 22.0. The number of esters is 2. The van der Waals surface area contributed by atoms with Crippen molar-refractivity contribution >= 4 is 29.1 Å². The zero-order valence-corrected chi connectivity index (χ0v) is 16.9. The van der Waals surface area contributed by atoms with Crippen LogP contribution in [0.5, 0.6) is 0 Å². The molecule has 1 fully saturated rings. The summed E-state index contributed by atoms with van der Waals surface area (Å²) < 4.78 is 33.1. The molecule has 2 aromatic heterocycles. The van der Waals surface area contributed by atoms with Crippen LogP contribution in [-0.2, 0) is 30.3 Å². The molecule has 2 aromatic rings. The molecule has 1 aliphatic rings. The Morgan fingerprint density at radius 2 is 2.07 bits per heavy atom. The van der Waals surface area contributed by atoms with Gasteiger partial charge in [-0.3, -0.25) is 14.2 Å². The van der Waals surface area contributed by atoms with Gasteiger partial charge in [-0.15, -0.1) is 0 Å². The van der Waals surface area contributed by atoms with Crippen LogP contribution in [0.15, 0.2) is 11.0 Å². The standard InChI is InChI=1S/C18H24FN5O6/c1-4-6-7-23-10-8-21-17(20)22-14(10)24(18(23)27)15-13(28-9(3)25)12(19)16(30-15)29-11(26)5-2/h8,12-13,15-16H,4-7H2,1-3H3,(H2,20,21,22)/t12-,13-,15-,16+/m1/s1. The Balaban J connectivity index is 2.12. The summed E-state index contributed by atoms with van der Waals surface area (Å²) >= 11 is 0. The number of anilines is 1. The first-order valence-corrected chi connectivity index (χ1v) is 9.67. The predicted molar refractivity (Wildman–Crippen MR) is 102 cm³/mol. The molecular formula is C18H24FN5O6. The number of nitrogens with zero attached hydrogens (tertiary/aromatic N) is 4. The smallest absolute Gasteiger partial charge is 0.332 e. The number of rotatable bonds is 7. The van der Waals surface area contributed by atoms with Crippen LogP contribution in [0.3, 0.4) is 0 Å². The number of unbranched alkanes of at least 4 members (excludes halogenated alkanes) is 1. The van der Waals surface area contributed by atoms with Crippen molar-refractivity contribution in [3.8, 4) is 0 Å². The van der Waals surface area contributed by atoms with E-state index in [1.807, 2.05) is 6.92 Å². The van der Waals surface area contributed by atoms with Gasteiger partial charge >= 0.3 is 17.6 Å². The third-order valence-corrected chi connectivity index (χ3v) is 4.68.